The highest BCUT2D eigenvalue weighted by molar-refractivity contribution is 6.06. The monoisotopic (exact) mass is 380 g/mol. The predicted octanol–water partition coefficient (Wildman–Crippen LogP) is 2.26. The lowest BCUT2D eigenvalue weighted by Crippen LogP contribution is -2.49. The molecule has 1 aliphatic heterocycles. The van der Waals surface area contributed by atoms with Crippen molar-refractivity contribution < 1.29 is 28.7 Å². The minimum absolute atomic E-state index is 0.0548. The standard InChI is InChI=1S/C19H28N2O6/c1-18(2,3)26-16(24)20-10-8-7-9-13-12-21(15(23)11-14(13)22)17(25)27-19(4,5)6/h13H,9-12H2,1-6H3,(H,20,24). The Hall–Kier alpha value is -2.56. The largest absolute Gasteiger partial charge is 0.444 e. The van der Waals surface area contributed by atoms with Crippen molar-refractivity contribution in [2.24, 2.45) is 5.92 Å². The first-order chi connectivity index (χ1) is 12.3. The van der Waals surface area contributed by atoms with Gasteiger partial charge >= 0.3 is 12.2 Å². The quantitative estimate of drug-likeness (QED) is 0.582. The van der Waals surface area contributed by atoms with Gasteiger partial charge in [-0.05, 0) is 41.5 Å². The average molecular weight is 380 g/mol. The molecule has 150 valence electrons. The molecule has 27 heavy (non-hydrogen) atoms. The van der Waals surface area contributed by atoms with Crippen LogP contribution in [0.3, 0.4) is 0 Å². The van der Waals surface area contributed by atoms with Crippen LogP contribution >= 0.6 is 0 Å². The van der Waals surface area contributed by atoms with Gasteiger partial charge in [0.2, 0.25) is 5.91 Å². The number of piperidine rings is 1. The first-order valence-corrected chi connectivity index (χ1v) is 8.77. The van der Waals surface area contributed by atoms with Gasteiger partial charge in [0.1, 0.15) is 17.0 Å². The highest BCUT2D eigenvalue weighted by Crippen LogP contribution is 2.20. The number of alkyl carbamates (subject to hydrolysis) is 1. The van der Waals surface area contributed by atoms with Crippen LogP contribution in [0.2, 0.25) is 0 Å². The second-order valence-corrected chi connectivity index (χ2v) is 8.24. The lowest BCUT2D eigenvalue weighted by Gasteiger charge is -2.31. The van der Waals surface area contributed by atoms with Crippen molar-refractivity contribution in [2.75, 3.05) is 13.1 Å². The summed E-state index contributed by atoms with van der Waals surface area (Å²) in [4.78, 5) is 48.5. The van der Waals surface area contributed by atoms with E-state index >= 15 is 0 Å². The molecule has 1 N–H and O–H groups in total. The number of nitrogens with zero attached hydrogens (tertiary/aromatic N) is 1. The van der Waals surface area contributed by atoms with E-state index in [1.54, 1.807) is 41.5 Å². The summed E-state index contributed by atoms with van der Waals surface area (Å²) in [6.45, 7) is 10.4. The van der Waals surface area contributed by atoms with Gasteiger partial charge in [0.15, 0.2) is 0 Å². The molecule has 1 saturated heterocycles. The number of likely N-dealkylation sites (tertiary alicyclic amines) is 1. The predicted molar refractivity (Wildman–Crippen MR) is 97.7 cm³/mol. The first-order valence-electron chi connectivity index (χ1n) is 8.77. The van der Waals surface area contributed by atoms with E-state index in [1.807, 2.05) is 0 Å². The molecule has 1 unspecified atom stereocenters. The van der Waals surface area contributed by atoms with E-state index < -0.39 is 35.2 Å². The van der Waals surface area contributed by atoms with Crippen molar-refractivity contribution in [3.63, 3.8) is 0 Å². The minimum atomic E-state index is -0.760. The van der Waals surface area contributed by atoms with Crippen LogP contribution in [0.1, 0.15) is 54.4 Å². The Balaban J connectivity index is 2.55. The maximum atomic E-state index is 12.1. The number of carbonyl (C=O) groups excluding carboxylic acids is 4. The third-order valence-corrected chi connectivity index (χ3v) is 3.29. The fourth-order valence-corrected chi connectivity index (χ4v) is 2.17. The number of hydrogen-bond donors (Lipinski definition) is 1. The molecule has 0 aromatic carbocycles. The van der Waals surface area contributed by atoms with Crippen molar-refractivity contribution in [1.82, 2.24) is 10.2 Å². The van der Waals surface area contributed by atoms with Crippen LogP contribution in [-0.4, -0.2) is 53.1 Å². The van der Waals surface area contributed by atoms with Gasteiger partial charge in [-0.1, -0.05) is 5.92 Å². The maximum Gasteiger partial charge on any atom is 0.417 e. The van der Waals surface area contributed by atoms with Gasteiger partial charge in [-0.2, -0.15) is 0 Å². The van der Waals surface area contributed by atoms with Crippen molar-refractivity contribution in [3.05, 3.63) is 0 Å². The van der Waals surface area contributed by atoms with E-state index in [0.29, 0.717) is 0 Å². The van der Waals surface area contributed by atoms with Gasteiger partial charge in [-0.15, -0.1) is 5.92 Å². The van der Waals surface area contributed by atoms with E-state index in [2.05, 4.69) is 17.2 Å². The highest BCUT2D eigenvalue weighted by Gasteiger charge is 2.37. The molecule has 1 atom stereocenters. The van der Waals surface area contributed by atoms with Crippen LogP contribution in [0.5, 0.6) is 0 Å². The molecule has 1 rings (SSSR count). The van der Waals surface area contributed by atoms with Crippen molar-refractivity contribution >= 4 is 23.9 Å². The zero-order valence-electron chi connectivity index (χ0n) is 16.8. The van der Waals surface area contributed by atoms with Gasteiger partial charge in [0.05, 0.1) is 13.0 Å². The summed E-state index contributed by atoms with van der Waals surface area (Å²) in [5.41, 5.74) is -1.33. The van der Waals surface area contributed by atoms with Crippen molar-refractivity contribution in [3.8, 4) is 11.8 Å². The maximum absolute atomic E-state index is 12.1. The third-order valence-electron chi connectivity index (χ3n) is 3.29. The molecule has 0 aliphatic carbocycles. The Morgan fingerprint density at radius 3 is 2.22 bits per heavy atom. The smallest absolute Gasteiger partial charge is 0.417 e. The molecule has 0 aromatic heterocycles. The Labute approximate surface area is 159 Å². The van der Waals surface area contributed by atoms with Crippen LogP contribution < -0.4 is 5.32 Å². The van der Waals surface area contributed by atoms with Gasteiger partial charge < -0.3 is 14.8 Å². The van der Waals surface area contributed by atoms with Gasteiger partial charge in [0, 0.05) is 18.9 Å². The summed E-state index contributed by atoms with van der Waals surface area (Å²) in [5.74, 6) is 4.14. The minimum Gasteiger partial charge on any atom is -0.444 e. The molecule has 3 amide bonds. The van der Waals surface area contributed by atoms with E-state index in [4.69, 9.17) is 9.47 Å². The van der Waals surface area contributed by atoms with Crippen molar-refractivity contribution in [2.45, 2.75) is 65.6 Å². The van der Waals surface area contributed by atoms with Crippen LogP contribution in [0, 0.1) is 17.8 Å². The molecule has 1 aliphatic rings. The summed E-state index contributed by atoms with van der Waals surface area (Å²) in [7, 11) is 0. The van der Waals surface area contributed by atoms with Gasteiger partial charge in [-0.25, -0.2) is 14.5 Å². The number of amides is 3. The second-order valence-electron chi connectivity index (χ2n) is 8.24. The fraction of sp³-hybridized carbons (Fsp3) is 0.684. The number of imide groups is 1. The number of Topliss-reactive ketones (excluding diaryl/α,β-unsaturated/α-hetero) is 1. The molecule has 0 spiro atoms. The third kappa shape index (κ3) is 8.58. The molecule has 0 radical (unpaired) electrons. The lowest BCUT2D eigenvalue weighted by molar-refractivity contribution is -0.141. The zero-order chi connectivity index (χ0) is 20.8. The number of rotatable bonds is 2. The Kier molecular flexibility index (Phi) is 7.40. The molecule has 0 bridgehead atoms. The summed E-state index contributed by atoms with van der Waals surface area (Å²) in [5, 5.41) is 2.49. The molecule has 0 aromatic rings. The normalized spacial score (nSPS) is 17.7. The topological polar surface area (TPSA) is 102 Å². The Morgan fingerprint density at radius 1 is 1.07 bits per heavy atom. The van der Waals surface area contributed by atoms with Crippen LogP contribution in [-0.2, 0) is 19.1 Å². The summed E-state index contributed by atoms with van der Waals surface area (Å²) in [6, 6.07) is 0. The van der Waals surface area contributed by atoms with E-state index in [9.17, 15) is 19.2 Å². The SMILES string of the molecule is CC(C)(C)OC(=O)NCC#CCC1CN(C(=O)OC(C)(C)C)C(=O)CC1=O. The molecular formula is C19H28N2O6. The first kappa shape index (κ1) is 22.5. The van der Waals surface area contributed by atoms with Crippen LogP contribution in [0.25, 0.3) is 0 Å². The van der Waals surface area contributed by atoms with E-state index in [1.165, 1.54) is 0 Å². The molecular weight excluding hydrogens is 352 g/mol. The van der Waals surface area contributed by atoms with E-state index in [0.717, 1.165) is 4.90 Å². The van der Waals surface area contributed by atoms with Crippen molar-refractivity contribution in [1.29, 1.82) is 0 Å². The second kappa shape index (κ2) is 8.89. The van der Waals surface area contributed by atoms with E-state index in [-0.39, 0.29) is 31.7 Å². The molecule has 8 heteroatoms. The fourth-order valence-electron chi connectivity index (χ4n) is 2.17. The van der Waals surface area contributed by atoms with Gasteiger partial charge in [-0.3, -0.25) is 9.59 Å². The van der Waals surface area contributed by atoms with Crippen LogP contribution in [0.15, 0.2) is 0 Å². The van der Waals surface area contributed by atoms with Gasteiger partial charge in [0.25, 0.3) is 0 Å². The Morgan fingerprint density at radius 2 is 1.67 bits per heavy atom. The lowest BCUT2D eigenvalue weighted by atomic mass is 9.93. The molecule has 0 saturated carbocycles. The summed E-state index contributed by atoms with van der Waals surface area (Å²) < 4.78 is 10.3. The molecule has 8 nitrogen and oxygen atoms in total. The summed E-state index contributed by atoms with van der Waals surface area (Å²) >= 11 is 0. The Bertz CT molecular complexity index is 660. The summed E-state index contributed by atoms with van der Waals surface area (Å²) in [6.07, 6.45) is -1.50. The number of ether oxygens (including phenoxy) is 2. The van der Waals surface area contributed by atoms with Crippen LogP contribution in [0.4, 0.5) is 9.59 Å². The molecule has 1 fully saturated rings. The highest BCUT2D eigenvalue weighted by atomic mass is 16.6. The zero-order valence-corrected chi connectivity index (χ0v) is 16.8. The molecule has 1 heterocycles. The number of ketones is 1. The average Bonchev–Trinajstić information content (AvgIpc) is 2.45. The number of hydrogen-bond acceptors (Lipinski definition) is 6. The number of carbonyl (C=O) groups is 4. The number of nitrogens with one attached hydrogen (secondary N) is 1.